The van der Waals surface area contributed by atoms with Crippen molar-refractivity contribution >= 4 is 21.6 Å². The van der Waals surface area contributed by atoms with Gasteiger partial charge in [-0.2, -0.15) is 0 Å². The number of halogens is 1. The minimum absolute atomic E-state index is 0.188. The Morgan fingerprint density at radius 2 is 1.95 bits per heavy atom. The standard InChI is InChI=1S/C16H27BrN2O/c1-4-14(5-2)19(9-10-20)15-8-7-13(12-18-6-3)16(17)11-15/h7-8,11,14,18,20H,4-6,9-10,12H2,1-3H3. The van der Waals surface area contributed by atoms with Gasteiger partial charge in [0.15, 0.2) is 0 Å². The van der Waals surface area contributed by atoms with Gasteiger partial charge in [-0.05, 0) is 37.1 Å². The molecule has 0 aromatic heterocycles. The van der Waals surface area contributed by atoms with Gasteiger partial charge in [-0.1, -0.05) is 42.8 Å². The summed E-state index contributed by atoms with van der Waals surface area (Å²) in [6.07, 6.45) is 2.18. The van der Waals surface area contributed by atoms with Gasteiger partial charge in [0.05, 0.1) is 6.61 Å². The molecule has 0 aliphatic rings. The highest BCUT2D eigenvalue weighted by atomic mass is 79.9. The highest BCUT2D eigenvalue weighted by Crippen LogP contribution is 2.27. The fraction of sp³-hybridized carbons (Fsp3) is 0.625. The lowest BCUT2D eigenvalue weighted by molar-refractivity contribution is 0.296. The molecule has 0 aliphatic heterocycles. The number of rotatable bonds is 9. The monoisotopic (exact) mass is 342 g/mol. The van der Waals surface area contributed by atoms with Crippen molar-refractivity contribution in [2.75, 3.05) is 24.6 Å². The molecule has 0 amide bonds. The maximum atomic E-state index is 9.31. The average molecular weight is 343 g/mol. The SMILES string of the molecule is CCNCc1ccc(N(CCO)C(CC)CC)cc1Br. The lowest BCUT2D eigenvalue weighted by Gasteiger charge is -2.32. The fourth-order valence-electron chi connectivity index (χ4n) is 2.48. The topological polar surface area (TPSA) is 35.5 Å². The van der Waals surface area contributed by atoms with Crippen molar-refractivity contribution in [3.05, 3.63) is 28.2 Å². The predicted octanol–water partition coefficient (Wildman–Crippen LogP) is 3.55. The number of aliphatic hydroxyl groups excluding tert-OH is 1. The largest absolute Gasteiger partial charge is 0.395 e. The highest BCUT2D eigenvalue weighted by molar-refractivity contribution is 9.10. The van der Waals surface area contributed by atoms with Crippen LogP contribution in [-0.4, -0.2) is 30.8 Å². The summed E-state index contributed by atoms with van der Waals surface area (Å²) in [7, 11) is 0. The van der Waals surface area contributed by atoms with Crippen molar-refractivity contribution < 1.29 is 5.11 Å². The Balaban J connectivity index is 2.94. The fourth-order valence-corrected chi connectivity index (χ4v) is 2.98. The molecule has 114 valence electrons. The van der Waals surface area contributed by atoms with Crippen molar-refractivity contribution in [2.45, 2.75) is 46.2 Å². The third-order valence-corrected chi connectivity index (χ3v) is 4.40. The second-order valence-electron chi connectivity index (χ2n) is 4.94. The zero-order chi connectivity index (χ0) is 15.0. The van der Waals surface area contributed by atoms with Gasteiger partial charge in [0.1, 0.15) is 0 Å². The Morgan fingerprint density at radius 1 is 1.25 bits per heavy atom. The third kappa shape index (κ3) is 4.76. The molecule has 0 saturated carbocycles. The lowest BCUT2D eigenvalue weighted by atomic mass is 10.1. The van der Waals surface area contributed by atoms with Crippen molar-refractivity contribution in [1.29, 1.82) is 0 Å². The van der Waals surface area contributed by atoms with Gasteiger partial charge in [0.2, 0.25) is 0 Å². The summed E-state index contributed by atoms with van der Waals surface area (Å²) in [5, 5.41) is 12.7. The minimum atomic E-state index is 0.188. The molecule has 0 aliphatic carbocycles. The van der Waals surface area contributed by atoms with E-state index in [0.717, 1.165) is 30.4 Å². The first-order valence-corrected chi connectivity index (χ1v) is 8.33. The van der Waals surface area contributed by atoms with Crippen LogP contribution in [-0.2, 0) is 6.54 Å². The second-order valence-corrected chi connectivity index (χ2v) is 5.80. The van der Waals surface area contributed by atoms with E-state index < -0.39 is 0 Å². The van der Waals surface area contributed by atoms with E-state index in [1.54, 1.807) is 0 Å². The zero-order valence-corrected chi connectivity index (χ0v) is 14.4. The molecular weight excluding hydrogens is 316 g/mol. The quantitative estimate of drug-likeness (QED) is 0.720. The molecular formula is C16H27BrN2O. The molecule has 0 heterocycles. The van der Waals surface area contributed by atoms with E-state index in [2.05, 4.69) is 65.1 Å². The number of aliphatic hydroxyl groups is 1. The van der Waals surface area contributed by atoms with Crippen molar-refractivity contribution in [3.63, 3.8) is 0 Å². The smallest absolute Gasteiger partial charge is 0.0606 e. The number of hydrogen-bond donors (Lipinski definition) is 2. The molecule has 2 N–H and O–H groups in total. The third-order valence-electron chi connectivity index (χ3n) is 3.66. The van der Waals surface area contributed by atoms with E-state index in [1.807, 2.05) is 0 Å². The molecule has 0 saturated heterocycles. The molecule has 20 heavy (non-hydrogen) atoms. The van der Waals surface area contributed by atoms with Crippen LogP contribution in [0.4, 0.5) is 5.69 Å². The van der Waals surface area contributed by atoms with Gasteiger partial charge in [-0.15, -0.1) is 0 Å². The zero-order valence-electron chi connectivity index (χ0n) is 12.8. The van der Waals surface area contributed by atoms with Crippen LogP contribution >= 0.6 is 15.9 Å². The van der Waals surface area contributed by atoms with Crippen molar-refractivity contribution in [2.24, 2.45) is 0 Å². The summed E-state index contributed by atoms with van der Waals surface area (Å²) in [5.74, 6) is 0. The molecule has 3 nitrogen and oxygen atoms in total. The van der Waals surface area contributed by atoms with E-state index in [-0.39, 0.29) is 6.61 Å². The van der Waals surface area contributed by atoms with Gasteiger partial charge >= 0.3 is 0 Å². The van der Waals surface area contributed by atoms with E-state index in [1.165, 1.54) is 11.3 Å². The van der Waals surface area contributed by atoms with E-state index in [4.69, 9.17) is 0 Å². The second kappa shape index (κ2) is 9.37. The van der Waals surface area contributed by atoms with E-state index >= 15 is 0 Å². The first-order chi connectivity index (χ1) is 9.67. The molecule has 0 radical (unpaired) electrons. The molecule has 1 rings (SSSR count). The van der Waals surface area contributed by atoms with Crippen LogP contribution in [0.25, 0.3) is 0 Å². The molecule has 0 unspecified atom stereocenters. The predicted molar refractivity (Wildman–Crippen MR) is 90.3 cm³/mol. The maximum Gasteiger partial charge on any atom is 0.0606 e. The van der Waals surface area contributed by atoms with Gasteiger partial charge in [-0.25, -0.2) is 0 Å². The summed E-state index contributed by atoms with van der Waals surface area (Å²) >= 11 is 3.66. The molecule has 0 atom stereocenters. The number of benzene rings is 1. The molecule has 1 aromatic rings. The van der Waals surface area contributed by atoms with E-state index in [9.17, 15) is 5.11 Å². The minimum Gasteiger partial charge on any atom is -0.395 e. The van der Waals surface area contributed by atoms with Gasteiger partial charge in [-0.3, -0.25) is 0 Å². The first kappa shape index (κ1) is 17.5. The maximum absolute atomic E-state index is 9.31. The van der Waals surface area contributed by atoms with E-state index in [0.29, 0.717) is 12.6 Å². The summed E-state index contributed by atoms with van der Waals surface area (Å²) in [5.41, 5.74) is 2.45. The number of nitrogens with zero attached hydrogens (tertiary/aromatic N) is 1. The van der Waals surface area contributed by atoms with Gasteiger partial charge in [0, 0.05) is 29.3 Å². The van der Waals surface area contributed by atoms with Crippen LogP contribution in [0.15, 0.2) is 22.7 Å². The van der Waals surface area contributed by atoms with Crippen LogP contribution in [0, 0.1) is 0 Å². The lowest BCUT2D eigenvalue weighted by Crippen LogP contribution is -2.36. The van der Waals surface area contributed by atoms with Crippen LogP contribution in [0.2, 0.25) is 0 Å². The van der Waals surface area contributed by atoms with Crippen LogP contribution < -0.4 is 10.2 Å². The Kier molecular flexibility index (Phi) is 8.19. The highest BCUT2D eigenvalue weighted by Gasteiger charge is 2.16. The van der Waals surface area contributed by atoms with Crippen LogP contribution in [0.5, 0.6) is 0 Å². The van der Waals surface area contributed by atoms with Crippen molar-refractivity contribution in [3.8, 4) is 0 Å². The molecule has 4 heteroatoms. The molecule has 0 fully saturated rings. The van der Waals surface area contributed by atoms with Gasteiger partial charge < -0.3 is 15.3 Å². The van der Waals surface area contributed by atoms with Crippen molar-refractivity contribution in [1.82, 2.24) is 5.32 Å². The molecule has 1 aromatic carbocycles. The number of anilines is 1. The summed E-state index contributed by atoms with van der Waals surface area (Å²) in [6.45, 7) is 9.23. The first-order valence-electron chi connectivity index (χ1n) is 7.54. The number of nitrogens with one attached hydrogen (secondary N) is 1. The van der Waals surface area contributed by atoms with Crippen LogP contribution in [0.3, 0.4) is 0 Å². The van der Waals surface area contributed by atoms with Crippen LogP contribution in [0.1, 0.15) is 39.2 Å². The Bertz CT molecular complexity index is 394. The summed E-state index contributed by atoms with van der Waals surface area (Å²) < 4.78 is 1.13. The summed E-state index contributed by atoms with van der Waals surface area (Å²) in [4.78, 5) is 2.31. The average Bonchev–Trinajstić information content (AvgIpc) is 2.46. The van der Waals surface area contributed by atoms with Gasteiger partial charge in [0.25, 0.3) is 0 Å². The molecule has 0 spiro atoms. The Hall–Kier alpha value is -0.580. The summed E-state index contributed by atoms with van der Waals surface area (Å²) in [6, 6.07) is 6.97. The molecule has 0 bridgehead atoms. The normalized spacial score (nSPS) is 11.1. The Labute approximate surface area is 131 Å². The Morgan fingerprint density at radius 3 is 2.45 bits per heavy atom. The number of hydrogen-bond acceptors (Lipinski definition) is 3.